The fourth-order valence-electron chi connectivity index (χ4n) is 3.56. The van der Waals surface area contributed by atoms with Crippen LogP contribution in [0.3, 0.4) is 0 Å². The van der Waals surface area contributed by atoms with Crippen molar-refractivity contribution in [2.75, 3.05) is 11.9 Å². The van der Waals surface area contributed by atoms with Crippen LogP contribution in [0, 0.1) is 36.5 Å². The van der Waals surface area contributed by atoms with E-state index in [1.807, 2.05) is 60.9 Å². The van der Waals surface area contributed by atoms with Crippen molar-refractivity contribution >= 4 is 22.5 Å². The van der Waals surface area contributed by atoms with Crippen molar-refractivity contribution in [1.82, 2.24) is 34.5 Å². The van der Waals surface area contributed by atoms with E-state index < -0.39 is 0 Å². The van der Waals surface area contributed by atoms with Crippen molar-refractivity contribution in [3.8, 4) is 29.5 Å². The molecule has 0 saturated carbocycles. The molecular weight excluding hydrogens is 444 g/mol. The number of benzene rings is 1. The van der Waals surface area contributed by atoms with Gasteiger partial charge in [0.1, 0.15) is 24.3 Å². The fraction of sp³-hybridized carbons (Fsp3) is 0.125. The number of hydrogen-bond acceptors (Lipinski definition) is 9. The number of fused-ring (bicyclic) bond motifs is 1. The second-order valence-electron chi connectivity index (χ2n) is 7.64. The van der Waals surface area contributed by atoms with E-state index in [9.17, 15) is 5.26 Å². The van der Waals surface area contributed by atoms with Crippen LogP contribution >= 0.6 is 0 Å². The summed E-state index contributed by atoms with van der Waals surface area (Å²) in [6, 6.07) is 18.6. The van der Waals surface area contributed by atoms with E-state index in [-0.39, 0.29) is 12.3 Å². The van der Waals surface area contributed by atoms with E-state index in [0.29, 0.717) is 28.9 Å². The van der Waals surface area contributed by atoms with Gasteiger partial charge in [0.05, 0.1) is 16.7 Å². The van der Waals surface area contributed by atoms with Crippen LogP contribution in [-0.4, -0.2) is 41.1 Å². The summed E-state index contributed by atoms with van der Waals surface area (Å²) in [5, 5.41) is 34.0. The Labute approximate surface area is 199 Å². The Kier molecular flexibility index (Phi) is 5.49. The van der Waals surface area contributed by atoms with E-state index in [1.165, 1.54) is 4.68 Å². The monoisotopic (exact) mass is 462 g/mol. The van der Waals surface area contributed by atoms with E-state index in [1.54, 1.807) is 24.5 Å². The Morgan fingerprint density at radius 2 is 1.91 bits per heavy atom. The molecule has 4 heterocycles. The van der Waals surface area contributed by atoms with Crippen molar-refractivity contribution in [2.24, 2.45) is 0 Å². The number of nitrogens with one attached hydrogen (secondary N) is 1. The number of nitriles is 2. The van der Waals surface area contributed by atoms with Gasteiger partial charge in [-0.25, -0.2) is 14.6 Å². The van der Waals surface area contributed by atoms with Crippen molar-refractivity contribution in [2.45, 2.75) is 13.8 Å². The molecular formula is C24H18N10O. The highest BCUT2D eigenvalue weighted by molar-refractivity contribution is 5.82. The molecule has 0 unspecified atom stereocenters. The zero-order valence-electron chi connectivity index (χ0n) is 18.8. The summed E-state index contributed by atoms with van der Waals surface area (Å²) in [6.07, 6.45) is 1.68. The van der Waals surface area contributed by atoms with Crippen molar-refractivity contribution < 1.29 is 4.74 Å². The van der Waals surface area contributed by atoms with Gasteiger partial charge in [-0.3, -0.25) is 4.57 Å². The maximum Gasteiger partial charge on any atom is 0.198 e. The summed E-state index contributed by atoms with van der Waals surface area (Å²) in [4.78, 5) is 9.25. The van der Waals surface area contributed by atoms with Gasteiger partial charge in [-0.1, -0.05) is 0 Å². The van der Waals surface area contributed by atoms with Crippen LogP contribution < -0.4 is 10.1 Å². The second-order valence-corrected chi connectivity index (χ2v) is 7.64. The second kappa shape index (κ2) is 8.92. The molecule has 0 radical (unpaired) electrons. The predicted octanol–water partition coefficient (Wildman–Crippen LogP) is 3.53. The number of hydrogen-bond donors (Lipinski definition) is 1. The lowest BCUT2D eigenvalue weighted by atomic mass is 10.2. The molecule has 0 aliphatic rings. The van der Waals surface area contributed by atoms with Gasteiger partial charge in [-0.15, -0.1) is 5.10 Å². The molecule has 0 bridgehead atoms. The summed E-state index contributed by atoms with van der Waals surface area (Å²) in [5.41, 5.74) is 4.20. The molecule has 0 aliphatic heterocycles. The molecule has 5 rings (SSSR count). The highest BCUT2D eigenvalue weighted by atomic mass is 16.5. The fourth-order valence-corrected chi connectivity index (χ4v) is 3.56. The average Bonchev–Trinajstić information content (AvgIpc) is 3.47. The third-order valence-electron chi connectivity index (χ3n) is 5.18. The van der Waals surface area contributed by atoms with Gasteiger partial charge in [-0.2, -0.15) is 20.7 Å². The largest absolute Gasteiger partial charge is 0.475 e. The van der Waals surface area contributed by atoms with Crippen molar-refractivity contribution in [3.63, 3.8) is 0 Å². The first-order chi connectivity index (χ1) is 17.1. The first-order valence-corrected chi connectivity index (χ1v) is 10.6. The topological polar surface area (TPSA) is 143 Å². The summed E-state index contributed by atoms with van der Waals surface area (Å²) < 4.78 is 8.94. The van der Waals surface area contributed by atoms with Crippen molar-refractivity contribution in [1.29, 1.82) is 10.5 Å². The molecule has 0 saturated heterocycles. The standard InChI is InChI=1S/C24H18N10O/c1-15-3-7-22(31-30-15)28-17-4-5-19-20(12-17)33(14-27-19)23-8-6-21(35-10-9-25)24(29-23)34-16(2)11-18(13-26)32-34/h3-8,11-12,14H,10H2,1-2H3,(H,28,31). The quantitative estimate of drug-likeness (QED) is 0.401. The highest BCUT2D eigenvalue weighted by Crippen LogP contribution is 2.27. The Hall–Kier alpha value is -5.29. The molecule has 5 aromatic rings. The summed E-state index contributed by atoms with van der Waals surface area (Å²) in [5.74, 6) is 1.92. The van der Waals surface area contributed by atoms with Gasteiger partial charge in [0, 0.05) is 11.4 Å². The molecule has 11 nitrogen and oxygen atoms in total. The molecule has 0 amide bonds. The van der Waals surface area contributed by atoms with Crippen LogP contribution in [0.15, 0.2) is 54.9 Å². The van der Waals surface area contributed by atoms with Gasteiger partial charge >= 0.3 is 0 Å². The molecule has 0 spiro atoms. The number of anilines is 2. The lowest BCUT2D eigenvalue weighted by Crippen LogP contribution is -2.09. The lowest BCUT2D eigenvalue weighted by molar-refractivity contribution is 0.363. The summed E-state index contributed by atoms with van der Waals surface area (Å²) in [7, 11) is 0. The van der Waals surface area contributed by atoms with Gasteiger partial charge in [-0.05, 0) is 62.4 Å². The molecule has 11 heteroatoms. The maximum atomic E-state index is 9.25. The van der Waals surface area contributed by atoms with Crippen LogP contribution in [0.4, 0.5) is 11.5 Å². The number of aromatic nitrogens is 7. The maximum absolute atomic E-state index is 9.25. The Bertz CT molecular complexity index is 1620. The van der Waals surface area contributed by atoms with Crippen LogP contribution in [0.2, 0.25) is 0 Å². The predicted molar refractivity (Wildman–Crippen MR) is 127 cm³/mol. The minimum absolute atomic E-state index is 0.148. The van der Waals surface area contributed by atoms with E-state index in [0.717, 1.165) is 22.4 Å². The highest BCUT2D eigenvalue weighted by Gasteiger charge is 2.16. The number of nitrogens with zero attached hydrogens (tertiary/aromatic N) is 9. The zero-order valence-corrected chi connectivity index (χ0v) is 18.8. The van der Waals surface area contributed by atoms with Gasteiger partial charge in [0.2, 0.25) is 0 Å². The van der Waals surface area contributed by atoms with E-state index in [2.05, 4.69) is 25.6 Å². The molecule has 170 valence electrons. The molecule has 0 atom stereocenters. The number of pyridine rings is 1. The molecule has 0 fully saturated rings. The number of imidazole rings is 1. The SMILES string of the molecule is Cc1ccc(Nc2ccc3ncn(-c4ccc(OCC#N)c(-n5nc(C#N)cc5C)n4)c3c2)nn1. The average molecular weight is 462 g/mol. The first-order valence-electron chi connectivity index (χ1n) is 10.6. The van der Waals surface area contributed by atoms with Crippen LogP contribution in [0.1, 0.15) is 17.1 Å². The number of aryl methyl sites for hydroxylation is 2. The molecule has 0 aliphatic carbocycles. The van der Waals surface area contributed by atoms with E-state index in [4.69, 9.17) is 15.0 Å². The van der Waals surface area contributed by atoms with E-state index >= 15 is 0 Å². The lowest BCUT2D eigenvalue weighted by Gasteiger charge is -2.13. The normalized spacial score (nSPS) is 10.6. The van der Waals surface area contributed by atoms with Crippen LogP contribution in [-0.2, 0) is 0 Å². The third kappa shape index (κ3) is 4.21. The molecule has 4 aromatic heterocycles. The molecule has 1 aromatic carbocycles. The van der Waals surface area contributed by atoms with Crippen molar-refractivity contribution in [3.05, 3.63) is 71.9 Å². The Morgan fingerprint density at radius 3 is 2.66 bits per heavy atom. The van der Waals surface area contributed by atoms with Gasteiger partial charge in [0.25, 0.3) is 0 Å². The number of ether oxygens (including phenoxy) is 1. The minimum Gasteiger partial charge on any atom is -0.475 e. The smallest absolute Gasteiger partial charge is 0.198 e. The minimum atomic E-state index is -0.148. The Morgan fingerprint density at radius 1 is 1.03 bits per heavy atom. The van der Waals surface area contributed by atoms with Gasteiger partial charge in [0.15, 0.2) is 29.7 Å². The summed E-state index contributed by atoms with van der Waals surface area (Å²) >= 11 is 0. The molecule has 1 N–H and O–H groups in total. The Balaban J connectivity index is 1.58. The molecule has 35 heavy (non-hydrogen) atoms. The van der Waals surface area contributed by atoms with Crippen LogP contribution in [0.5, 0.6) is 5.75 Å². The zero-order chi connectivity index (χ0) is 24.4. The number of rotatable bonds is 6. The van der Waals surface area contributed by atoms with Crippen LogP contribution in [0.25, 0.3) is 22.7 Å². The summed E-state index contributed by atoms with van der Waals surface area (Å²) in [6.45, 7) is 3.55. The third-order valence-corrected chi connectivity index (χ3v) is 5.18. The first kappa shape index (κ1) is 21.6. The van der Waals surface area contributed by atoms with Gasteiger partial charge < -0.3 is 10.1 Å².